The van der Waals surface area contributed by atoms with Crippen molar-refractivity contribution >= 4 is 11.5 Å². The largest absolute Gasteiger partial charge is 0.494 e. The highest BCUT2D eigenvalue weighted by Gasteiger charge is 2.22. The summed E-state index contributed by atoms with van der Waals surface area (Å²) < 4.78 is 11.4. The first-order valence-corrected chi connectivity index (χ1v) is 7.18. The molecule has 0 saturated heterocycles. The summed E-state index contributed by atoms with van der Waals surface area (Å²) in [6.07, 6.45) is 0.771. The third kappa shape index (κ3) is 2.59. The van der Waals surface area contributed by atoms with Crippen LogP contribution in [0.15, 0.2) is 24.3 Å². The van der Waals surface area contributed by atoms with Gasteiger partial charge < -0.3 is 20.5 Å². The van der Waals surface area contributed by atoms with Gasteiger partial charge in [0.15, 0.2) is 0 Å². The zero-order valence-corrected chi connectivity index (χ0v) is 12.3. The lowest BCUT2D eigenvalue weighted by molar-refractivity contribution is 0.337. The zero-order chi connectivity index (χ0) is 14.8. The number of nitrogens with two attached hydrogens (primary N) is 1. The van der Waals surface area contributed by atoms with Crippen LogP contribution in [0.5, 0.6) is 17.4 Å². The first-order chi connectivity index (χ1) is 10.2. The molecule has 2 aromatic rings. The molecule has 21 heavy (non-hydrogen) atoms. The number of pyridine rings is 1. The van der Waals surface area contributed by atoms with E-state index in [1.807, 2.05) is 31.2 Å². The molecular formula is C16H19N3O2. The van der Waals surface area contributed by atoms with Crippen molar-refractivity contribution in [2.24, 2.45) is 0 Å². The van der Waals surface area contributed by atoms with Crippen molar-refractivity contribution in [1.82, 2.24) is 4.98 Å². The molecule has 0 bridgehead atoms. The highest BCUT2D eigenvalue weighted by Crippen LogP contribution is 2.40. The molecule has 3 rings (SSSR count). The molecule has 3 N–H and O–H groups in total. The Hall–Kier alpha value is -2.43. The van der Waals surface area contributed by atoms with Crippen molar-refractivity contribution < 1.29 is 9.47 Å². The van der Waals surface area contributed by atoms with E-state index in [1.165, 1.54) is 0 Å². The number of nitrogen functional groups attached to an aromatic ring is 1. The van der Waals surface area contributed by atoms with Crippen molar-refractivity contribution in [3.8, 4) is 17.4 Å². The van der Waals surface area contributed by atoms with Crippen molar-refractivity contribution in [2.75, 3.05) is 24.2 Å². The van der Waals surface area contributed by atoms with Gasteiger partial charge in [-0.1, -0.05) is 6.07 Å². The van der Waals surface area contributed by atoms with Gasteiger partial charge in [-0.05, 0) is 25.5 Å². The average Bonchev–Trinajstić information content (AvgIpc) is 2.46. The molecule has 0 saturated carbocycles. The molecule has 1 aliphatic rings. The molecule has 1 aliphatic heterocycles. The lowest BCUT2D eigenvalue weighted by atomic mass is 10.0. The van der Waals surface area contributed by atoms with E-state index in [1.54, 1.807) is 0 Å². The first kappa shape index (κ1) is 13.5. The Morgan fingerprint density at radius 3 is 2.95 bits per heavy atom. The normalized spacial score (nSPS) is 12.1. The fraction of sp³-hybridized carbons (Fsp3) is 0.312. The summed E-state index contributed by atoms with van der Waals surface area (Å²) in [5.41, 5.74) is 9.01. The summed E-state index contributed by atoms with van der Waals surface area (Å²) >= 11 is 0. The molecule has 5 nitrogen and oxygen atoms in total. The van der Waals surface area contributed by atoms with Gasteiger partial charge in [-0.25, -0.2) is 0 Å². The van der Waals surface area contributed by atoms with Crippen LogP contribution in [0.3, 0.4) is 0 Å². The predicted octanol–water partition coefficient (Wildman–Crippen LogP) is 3.19. The number of nitrogens with one attached hydrogen (secondary N) is 1. The van der Waals surface area contributed by atoms with E-state index in [0.29, 0.717) is 18.3 Å². The average molecular weight is 285 g/mol. The molecule has 0 unspecified atom stereocenters. The highest BCUT2D eigenvalue weighted by atomic mass is 16.5. The lowest BCUT2D eigenvalue weighted by Crippen LogP contribution is -2.11. The van der Waals surface area contributed by atoms with Gasteiger partial charge in [0.05, 0.1) is 6.61 Å². The summed E-state index contributed by atoms with van der Waals surface area (Å²) in [5, 5.41) is 3.31. The van der Waals surface area contributed by atoms with Crippen LogP contribution in [0.25, 0.3) is 0 Å². The first-order valence-electron chi connectivity index (χ1n) is 7.18. The molecule has 0 spiro atoms. The molecule has 2 heterocycles. The maximum absolute atomic E-state index is 5.92. The third-order valence-corrected chi connectivity index (χ3v) is 3.40. The summed E-state index contributed by atoms with van der Waals surface area (Å²) in [5.74, 6) is 2.62. The number of anilines is 2. The molecule has 110 valence electrons. The van der Waals surface area contributed by atoms with Crippen LogP contribution in [-0.4, -0.2) is 18.1 Å². The minimum Gasteiger partial charge on any atom is -0.494 e. The number of nitrogens with zero attached hydrogens (tertiary/aromatic N) is 1. The number of hydrogen-bond donors (Lipinski definition) is 2. The third-order valence-electron chi connectivity index (χ3n) is 3.40. The minimum absolute atomic E-state index is 0.453. The van der Waals surface area contributed by atoms with Crippen LogP contribution in [0, 0.1) is 0 Å². The maximum Gasteiger partial charge on any atom is 0.226 e. The number of rotatable bonds is 4. The van der Waals surface area contributed by atoms with E-state index in [4.69, 9.17) is 15.2 Å². The molecule has 0 atom stereocenters. The Balaban J connectivity index is 1.99. The molecular weight excluding hydrogens is 266 g/mol. The highest BCUT2D eigenvalue weighted by molar-refractivity contribution is 5.65. The van der Waals surface area contributed by atoms with E-state index < -0.39 is 0 Å². The Bertz CT molecular complexity index is 671. The molecule has 0 radical (unpaired) electrons. The van der Waals surface area contributed by atoms with Crippen LogP contribution in [0.4, 0.5) is 11.5 Å². The van der Waals surface area contributed by atoms with Crippen LogP contribution < -0.4 is 20.5 Å². The predicted molar refractivity (Wildman–Crippen MR) is 83.3 cm³/mol. The quantitative estimate of drug-likeness (QED) is 0.770. The van der Waals surface area contributed by atoms with Crippen molar-refractivity contribution in [1.29, 1.82) is 0 Å². The van der Waals surface area contributed by atoms with Gasteiger partial charge in [0.1, 0.15) is 17.3 Å². The Kier molecular flexibility index (Phi) is 3.56. The Morgan fingerprint density at radius 2 is 2.19 bits per heavy atom. The topological polar surface area (TPSA) is 69.4 Å². The standard InChI is InChI=1S/C16H19N3O2/c1-3-18-13-9-15(17)19-16-12(13)7-10-5-6-11(20-4-2)8-14(10)21-16/h5-6,8-9H,3-4,7H2,1-2H3,(H3,17,18,19). The van der Waals surface area contributed by atoms with Crippen molar-refractivity contribution in [3.63, 3.8) is 0 Å². The van der Waals surface area contributed by atoms with Gasteiger partial charge in [-0.2, -0.15) is 4.98 Å². The van der Waals surface area contributed by atoms with E-state index in [2.05, 4.69) is 17.2 Å². The number of ether oxygens (including phenoxy) is 2. The smallest absolute Gasteiger partial charge is 0.226 e. The van der Waals surface area contributed by atoms with Crippen molar-refractivity contribution in [3.05, 3.63) is 35.4 Å². The number of benzene rings is 1. The number of hydrogen-bond acceptors (Lipinski definition) is 5. The van der Waals surface area contributed by atoms with Crippen molar-refractivity contribution in [2.45, 2.75) is 20.3 Å². The molecule has 0 fully saturated rings. The van der Waals surface area contributed by atoms with Crippen LogP contribution in [-0.2, 0) is 6.42 Å². The number of fused-ring (bicyclic) bond motifs is 2. The molecule has 0 aliphatic carbocycles. The van der Waals surface area contributed by atoms with E-state index in [0.717, 1.165) is 41.3 Å². The van der Waals surface area contributed by atoms with E-state index in [9.17, 15) is 0 Å². The summed E-state index contributed by atoms with van der Waals surface area (Å²) in [7, 11) is 0. The van der Waals surface area contributed by atoms with Gasteiger partial charge in [0.25, 0.3) is 0 Å². The minimum atomic E-state index is 0.453. The fourth-order valence-electron chi connectivity index (χ4n) is 2.50. The second-order valence-corrected chi connectivity index (χ2v) is 4.89. The SMILES string of the molecule is CCNc1cc(N)nc2c1Cc1ccc(OCC)cc1O2. The van der Waals surface area contributed by atoms with Gasteiger partial charge >= 0.3 is 0 Å². The van der Waals surface area contributed by atoms with Crippen LogP contribution >= 0.6 is 0 Å². The Morgan fingerprint density at radius 1 is 1.33 bits per heavy atom. The molecule has 5 heteroatoms. The second-order valence-electron chi connectivity index (χ2n) is 4.89. The van der Waals surface area contributed by atoms with Crippen LogP contribution in [0.2, 0.25) is 0 Å². The van der Waals surface area contributed by atoms with Gasteiger partial charge in [0, 0.05) is 36.3 Å². The van der Waals surface area contributed by atoms with Gasteiger partial charge in [0.2, 0.25) is 5.88 Å². The Labute approximate surface area is 124 Å². The maximum atomic E-state index is 5.92. The molecule has 1 aromatic heterocycles. The van der Waals surface area contributed by atoms with Gasteiger partial charge in [-0.15, -0.1) is 0 Å². The zero-order valence-electron chi connectivity index (χ0n) is 12.3. The summed E-state index contributed by atoms with van der Waals surface area (Å²) in [6.45, 7) is 5.47. The van der Waals surface area contributed by atoms with Crippen LogP contribution in [0.1, 0.15) is 25.0 Å². The lowest BCUT2D eigenvalue weighted by Gasteiger charge is -2.22. The van der Waals surface area contributed by atoms with Gasteiger partial charge in [-0.3, -0.25) is 0 Å². The molecule has 1 aromatic carbocycles. The summed E-state index contributed by atoms with van der Waals surface area (Å²) in [6, 6.07) is 7.76. The monoisotopic (exact) mass is 285 g/mol. The molecule has 0 amide bonds. The second kappa shape index (κ2) is 5.52. The van der Waals surface area contributed by atoms with E-state index >= 15 is 0 Å². The van der Waals surface area contributed by atoms with E-state index in [-0.39, 0.29) is 0 Å². The number of aromatic nitrogens is 1. The fourth-order valence-corrected chi connectivity index (χ4v) is 2.50. The summed E-state index contributed by atoms with van der Waals surface area (Å²) in [4.78, 5) is 4.31.